The first kappa shape index (κ1) is 9.71. The van der Waals surface area contributed by atoms with Gasteiger partial charge in [-0.25, -0.2) is 0 Å². The summed E-state index contributed by atoms with van der Waals surface area (Å²) in [6, 6.07) is 4.17. The van der Waals surface area contributed by atoms with Crippen LogP contribution in [0.5, 0.6) is 0 Å². The Morgan fingerprint density at radius 3 is 3.35 bits per heavy atom. The maximum Gasteiger partial charge on any atom is 0.138 e. The molecule has 4 rings (SSSR count). The van der Waals surface area contributed by atoms with Crippen molar-refractivity contribution < 1.29 is 0 Å². The van der Waals surface area contributed by atoms with Crippen LogP contribution in [0.15, 0.2) is 28.4 Å². The van der Waals surface area contributed by atoms with E-state index >= 15 is 0 Å². The molecule has 0 unspecified atom stereocenters. The molecule has 0 saturated carbocycles. The first-order chi connectivity index (χ1) is 8.45. The Morgan fingerprint density at radius 1 is 1.35 bits per heavy atom. The summed E-state index contributed by atoms with van der Waals surface area (Å²) in [5.41, 5.74) is 3.84. The molecule has 0 atom stereocenters. The Labute approximate surface area is 105 Å². The van der Waals surface area contributed by atoms with Gasteiger partial charge in [-0.2, -0.15) is 0 Å². The molecule has 0 amide bonds. The van der Waals surface area contributed by atoms with Gasteiger partial charge in [-0.3, -0.25) is 9.98 Å². The van der Waals surface area contributed by atoms with Crippen LogP contribution in [0.3, 0.4) is 0 Å². The van der Waals surface area contributed by atoms with Gasteiger partial charge in [0.15, 0.2) is 0 Å². The zero-order valence-corrected chi connectivity index (χ0v) is 10.3. The van der Waals surface area contributed by atoms with E-state index in [1.54, 1.807) is 0 Å². The minimum Gasteiger partial charge on any atom is -0.320 e. The highest BCUT2D eigenvalue weighted by molar-refractivity contribution is 8.03. The van der Waals surface area contributed by atoms with Gasteiger partial charge in [0.2, 0.25) is 0 Å². The fraction of sp³-hybridized carbons (Fsp3) is 0.385. The fourth-order valence-electron chi connectivity index (χ4n) is 2.76. The number of hydrogen-bond donors (Lipinski definition) is 0. The van der Waals surface area contributed by atoms with E-state index in [1.807, 2.05) is 24.0 Å². The molecule has 3 nitrogen and oxygen atoms in total. The van der Waals surface area contributed by atoms with Crippen molar-refractivity contribution in [2.75, 3.05) is 18.8 Å². The summed E-state index contributed by atoms with van der Waals surface area (Å²) in [5.74, 6) is 2.33. The second-order valence-corrected chi connectivity index (χ2v) is 5.58. The topological polar surface area (TPSA) is 28.5 Å². The summed E-state index contributed by atoms with van der Waals surface area (Å²) in [5, 5.41) is 1.41. The monoisotopic (exact) mass is 243 g/mol. The minimum atomic E-state index is 0.952. The van der Waals surface area contributed by atoms with Crippen LogP contribution in [-0.2, 0) is 0 Å². The number of pyridine rings is 1. The quantitative estimate of drug-likeness (QED) is 0.700. The number of hydrogen-bond acceptors (Lipinski definition) is 4. The van der Waals surface area contributed by atoms with Crippen molar-refractivity contribution in [3.8, 4) is 0 Å². The third-order valence-electron chi connectivity index (χ3n) is 3.49. The van der Waals surface area contributed by atoms with Crippen molar-refractivity contribution in [3.63, 3.8) is 0 Å². The first-order valence-electron chi connectivity index (χ1n) is 6.09. The summed E-state index contributed by atoms with van der Waals surface area (Å²) in [6.45, 7) is 2.06. The molecule has 0 saturated heterocycles. The third-order valence-corrected chi connectivity index (χ3v) is 4.63. The van der Waals surface area contributed by atoms with Crippen LogP contribution >= 0.6 is 11.8 Å². The van der Waals surface area contributed by atoms with Gasteiger partial charge in [-0.15, -0.1) is 11.8 Å². The molecule has 3 aliphatic heterocycles. The SMILES string of the molecule is c1cnc2c(c1)C1=NCCCN1C1=C2CCS1. The predicted molar refractivity (Wildman–Crippen MR) is 71.0 cm³/mol. The van der Waals surface area contributed by atoms with Crippen LogP contribution in [-0.4, -0.2) is 34.6 Å². The predicted octanol–water partition coefficient (Wildman–Crippen LogP) is 2.35. The lowest BCUT2D eigenvalue weighted by molar-refractivity contribution is 0.498. The third kappa shape index (κ3) is 1.30. The number of aromatic nitrogens is 1. The van der Waals surface area contributed by atoms with E-state index in [9.17, 15) is 0 Å². The molecule has 0 aliphatic carbocycles. The van der Waals surface area contributed by atoms with Crippen molar-refractivity contribution in [1.82, 2.24) is 9.88 Å². The number of fused-ring (bicyclic) bond motifs is 5. The van der Waals surface area contributed by atoms with Crippen molar-refractivity contribution in [3.05, 3.63) is 34.6 Å². The normalized spacial score (nSPS) is 21.9. The van der Waals surface area contributed by atoms with Gasteiger partial charge in [-0.05, 0) is 25.0 Å². The van der Waals surface area contributed by atoms with Crippen LogP contribution in [0, 0.1) is 0 Å². The lowest BCUT2D eigenvalue weighted by Gasteiger charge is -2.34. The minimum absolute atomic E-state index is 0.952. The number of rotatable bonds is 0. The van der Waals surface area contributed by atoms with Gasteiger partial charge in [0.05, 0.1) is 10.7 Å². The van der Waals surface area contributed by atoms with E-state index in [0.717, 1.165) is 31.8 Å². The van der Waals surface area contributed by atoms with Crippen LogP contribution in [0.2, 0.25) is 0 Å². The summed E-state index contributed by atoms with van der Waals surface area (Å²) in [6.07, 6.45) is 4.20. The van der Waals surface area contributed by atoms with Gasteiger partial charge < -0.3 is 4.90 Å². The van der Waals surface area contributed by atoms with Gasteiger partial charge in [0.1, 0.15) is 5.84 Å². The Kier molecular flexibility index (Phi) is 2.06. The average Bonchev–Trinajstić information content (AvgIpc) is 2.89. The molecular weight excluding hydrogens is 230 g/mol. The Morgan fingerprint density at radius 2 is 2.35 bits per heavy atom. The number of allylic oxidation sites excluding steroid dienone is 1. The van der Waals surface area contributed by atoms with Gasteiger partial charge in [0, 0.05) is 36.2 Å². The maximum absolute atomic E-state index is 4.71. The van der Waals surface area contributed by atoms with E-state index < -0.39 is 0 Å². The molecule has 0 spiro atoms. The molecule has 0 bridgehead atoms. The molecule has 1 aromatic heterocycles. The van der Waals surface area contributed by atoms with Gasteiger partial charge in [-0.1, -0.05) is 0 Å². The lowest BCUT2D eigenvalue weighted by Crippen LogP contribution is -2.37. The van der Waals surface area contributed by atoms with E-state index in [2.05, 4.69) is 16.0 Å². The van der Waals surface area contributed by atoms with Gasteiger partial charge in [0.25, 0.3) is 0 Å². The van der Waals surface area contributed by atoms with Crippen LogP contribution in [0.4, 0.5) is 0 Å². The fourth-order valence-corrected chi connectivity index (χ4v) is 3.97. The highest BCUT2D eigenvalue weighted by Crippen LogP contribution is 2.44. The number of thioether (sulfide) groups is 1. The van der Waals surface area contributed by atoms with Crippen molar-refractivity contribution in [1.29, 1.82) is 0 Å². The number of amidine groups is 1. The average molecular weight is 243 g/mol. The summed E-state index contributed by atoms with van der Waals surface area (Å²) in [4.78, 5) is 11.7. The first-order valence-corrected chi connectivity index (χ1v) is 7.07. The number of nitrogens with zero attached hydrogens (tertiary/aromatic N) is 3. The van der Waals surface area contributed by atoms with E-state index in [4.69, 9.17) is 4.99 Å². The van der Waals surface area contributed by atoms with Crippen LogP contribution < -0.4 is 0 Å². The Bertz CT molecular complexity index is 547. The van der Waals surface area contributed by atoms with E-state index in [0.29, 0.717) is 0 Å². The standard InChI is InChI=1S/C13H13N3S/c1-3-9-11(14-5-1)10-4-8-17-13(10)16-7-2-6-15-12(9)16/h1,3,5H,2,4,6-8H2. The van der Waals surface area contributed by atoms with Gasteiger partial charge >= 0.3 is 0 Å². The Balaban J connectivity index is 2.00. The van der Waals surface area contributed by atoms with E-state index in [1.165, 1.54) is 27.6 Å². The summed E-state index contributed by atoms with van der Waals surface area (Å²) < 4.78 is 0. The molecule has 0 N–H and O–H groups in total. The maximum atomic E-state index is 4.71. The highest BCUT2D eigenvalue weighted by Gasteiger charge is 2.34. The largest absolute Gasteiger partial charge is 0.320 e. The molecule has 0 aromatic carbocycles. The molecule has 4 heterocycles. The number of aliphatic imine (C=N–C) groups is 1. The van der Waals surface area contributed by atoms with E-state index in [-0.39, 0.29) is 0 Å². The smallest absolute Gasteiger partial charge is 0.138 e. The van der Waals surface area contributed by atoms with Crippen LogP contribution in [0.25, 0.3) is 5.57 Å². The van der Waals surface area contributed by atoms with Crippen LogP contribution in [0.1, 0.15) is 24.1 Å². The highest BCUT2D eigenvalue weighted by atomic mass is 32.2. The molecule has 1 aromatic rings. The second kappa shape index (κ2) is 3.60. The summed E-state index contributed by atoms with van der Waals surface area (Å²) in [7, 11) is 0. The lowest BCUT2D eigenvalue weighted by atomic mass is 9.99. The molecule has 17 heavy (non-hydrogen) atoms. The van der Waals surface area contributed by atoms with Crippen molar-refractivity contribution >= 4 is 23.2 Å². The van der Waals surface area contributed by atoms with Crippen molar-refractivity contribution in [2.45, 2.75) is 12.8 Å². The van der Waals surface area contributed by atoms with Crippen molar-refractivity contribution in [2.24, 2.45) is 4.99 Å². The molecule has 4 heteroatoms. The molecule has 0 fully saturated rings. The molecule has 0 radical (unpaired) electrons. The summed E-state index contributed by atoms with van der Waals surface area (Å²) >= 11 is 1.96. The molecule has 86 valence electrons. The Hall–Kier alpha value is -1.29. The zero-order valence-electron chi connectivity index (χ0n) is 9.52. The molecule has 3 aliphatic rings. The zero-order chi connectivity index (χ0) is 11.2. The second-order valence-electron chi connectivity index (χ2n) is 4.49. The molecular formula is C13H13N3S.